The monoisotopic (exact) mass is 480 g/mol. The molecule has 6 rings (SSSR count). The van der Waals surface area contributed by atoms with Gasteiger partial charge in [-0.05, 0) is 38.7 Å². The molecule has 2 aliphatic rings. The highest BCUT2D eigenvalue weighted by Crippen LogP contribution is 2.34. The van der Waals surface area contributed by atoms with Crippen LogP contribution in [0.2, 0.25) is 0 Å². The molecule has 1 N–H and O–H groups in total. The Labute approximate surface area is 202 Å². The SMILES string of the molecule is Cc1cn2cc(-c3ncc4nc(N(C)C5CC6CCCC(C5)N6)sc4n3)cc(C#N)c2n1.Cl. The van der Waals surface area contributed by atoms with Gasteiger partial charge in [-0.2, -0.15) is 5.26 Å². The summed E-state index contributed by atoms with van der Waals surface area (Å²) in [5, 5.41) is 14.3. The molecule has 2 fully saturated rings. The van der Waals surface area contributed by atoms with Gasteiger partial charge in [0.15, 0.2) is 16.6 Å². The Hall–Kier alpha value is -2.80. The molecule has 2 unspecified atom stereocenters. The van der Waals surface area contributed by atoms with Crippen molar-refractivity contribution in [3.8, 4) is 17.5 Å². The lowest BCUT2D eigenvalue weighted by Crippen LogP contribution is -2.54. The van der Waals surface area contributed by atoms with E-state index >= 15 is 0 Å². The Morgan fingerprint density at radius 1 is 1.18 bits per heavy atom. The van der Waals surface area contributed by atoms with E-state index in [-0.39, 0.29) is 12.4 Å². The molecule has 10 heteroatoms. The predicted molar refractivity (Wildman–Crippen MR) is 132 cm³/mol. The van der Waals surface area contributed by atoms with E-state index in [1.54, 1.807) is 17.5 Å². The van der Waals surface area contributed by atoms with Gasteiger partial charge in [-0.3, -0.25) is 0 Å². The Bertz CT molecular complexity index is 1360. The standard InChI is InChI=1S/C23H24N8S.ClH/c1-13-11-31-12-15(6-14(9-24)21(31)26-13)20-25-10-19-22(29-20)32-23(28-19)30(2)18-7-16-4-3-5-17(8-18)27-16;/h6,10-12,16-18,27H,3-5,7-8H2,1-2H3;1H. The maximum atomic E-state index is 9.57. The smallest absolute Gasteiger partial charge is 0.187 e. The Balaban J connectivity index is 0.00000228. The van der Waals surface area contributed by atoms with Crippen molar-refractivity contribution in [1.29, 1.82) is 5.26 Å². The summed E-state index contributed by atoms with van der Waals surface area (Å²) < 4.78 is 1.87. The lowest BCUT2D eigenvalue weighted by Gasteiger charge is -2.43. The first kappa shape index (κ1) is 22.0. The number of piperidine rings is 2. The lowest BCUT2D eigenvalue weighted by atomic mass is 9.83. The van der Waals surface area contributed by atoms with Crippen molar-refractivity contribution in [2.45, 2.75) is 57.2 Å². The summed E-state index contributed by atoms with van der Waals surface area (Å²) >= 11 is 1.61. The second-order valence-electron chi connectivity index (χ2n) is 8.98. The van der Waals surface area contributed by atoms with Crippen LogP contribution in [0.4, 0.5) is 5.13 Å². The molecule has 2 atom stereocenters. The van der Waals surface area contributed by atoms with Crippen LogP contribution < -0.4 is 10.2 Å². The molecular formula is C23H25ClN8S. The number of anilines is 1. The number of aryl methyl sites for hydroxylation is 1. The minimum absolute atomic E-state index is 0. The number of hydrogen-bond donors (Lipinski definition) is 1. The number of aromatic nitrogens is 5. The Morgan fingerprint density at radius 2 is 1.97 bits per heavy atom. The summed E-state index contributed by atoms with van der Waals surface area (Å²) in [6.07, 6.45) is 11.9. The van der Waals surface area contributed by atoms with Crippen LogP contribution in [-0.4, -0.2) is 49.5 Å². The molecule has 4 aromatic heterocycles. The van der Waals surface area contributed by atoms with E-state index in [1.807, 2.05) is 29.8 Å². The van der Waals surface area contributed by atoms with Crippen LogP contribution in [0.1, 0.15) is 43.4 Å². The van der Waals surface area contributed by atoms with Gasteiger partial charge < -0.3 is 14.6 Å². The van der Waals surface area contributed by atoms with Crippen LogP contribution in [-0.2, 0) is 0 Å². The van der Waals surface area contributed by atoms with E-state index in [1.165, 1.54) is 32.1 Å². The van der Waals surface area contributed by atoms with Gasteiger partial charge in [-0.15, -0.1) is 12.4 Å². The first-order valence-corrected chi connectivity index (χ1v) is 11.9. The van der Waals surface area contributed by atoms with Gasteiger partial charge in [0.1, 0.15) is 16.4 Å². The van der Waals surface area contributed by atoms with E-state index in [0.29, 0.717) is 35.2 Å². The number of imidazole rings is 1. The number of hydrogen-bond acceptors (Lipinski definition) is 8. The van der Waals surface area contributed by atoms with Crippen LogP contribution in [0.15, 0.2) is 24.7 Å². The van der Waals surface area contributed by atoms with Crippen LogP contribution >= 0.6 is 23.7 Å². The van der Waals surface area contributed by atoms with E-state index in [2.05, 4.69) is 33.3 Å². The van der Waals surface area contributed by atoms with Crippen molar-refractivity contribution in [3.05, 3.63) is 35.9 Å². The lowest BCUT2D eigenvalue weighted by molar-refractivity contribution is 0.219. The van der Waals surface area contributed by atoms with Gasteiger partial charge in [0, 0.05) is 43.1 Å². The molecule has 0 saturated carbocycles. The molecule has 8 nitrogen and oxygen atoms in total. The maximum Gasteiger partial charge on any atom is 0.187 e. The van der Waals surface area contributed by atoms with E-state index in [0.717, 1.165) is 26.7 Å². The maximum absolute atomic E-state index is 9.57. The number of nitrogens with zero attached hydrogens (tertiary/aromatic N) is 7. The number of rotatable bonds is 3. The van der Waals surface area contributed by atoms with E-state index in [9.17, 15) is 5.26 Å². The molecule has 0 aliphatic carbocycles. The largest absolute Gasteiger partial charge is 0.348 e. The fraction of sp³-hybridized carbons (Fsp3) is 0.435. The van der Waals surface area contributed by atoms with Gasteiger partial charge in [0.05, 0.1) is 17.5 Å². The molecular weight excluding hydrogens is 456 g/mol. The average molecular weight is 481 g/mol. The highest BCUT2D eigenvalue weighted by molar-refractivity contribution is 7.21. The normalized spacial score (nSPS) is 22.2. The zero-order chi connectivity index (χ0) is 21.8. The Morgan fingerprint density at radius 3 is 2.73 bits per heavy atom. The zero-order valence-electron chi connectivity index (χ0n) is 18.5. The topological polar surface area (TPSA) is 95.0 Å². The van der Waals surface area contributed by atoms with Crippen LogP contribution in [0.5, 0.6) is 0 Å². The summed E-state index contributed by atoms with van der Waals surface area (Å²) in [6, 6.07) is 5.82. The summed E-state index contributed by atoms with van der Waals surface area (Å²) in [6.45, 7) is 1.92. The molecule has 4 aromatic rings. The first-order chi connectivity index (χ1) is 15.6. The number of pyridine rings is 1. The number of nitriles is 1. The third kappa shape index (κ3) is 3.92. The minimum atomic E-state index is 0. The quantitative estimate of drug-likeness (QED) is 0.471. The summed E-state index contributed by atoms with van der Waals surface area (Å²) in [5.41, 5.74) is 3.65. The van der Waals surface area contributed by atoms with Gasteiger partial charge in [-0.25, -0.2) is 19.9 Å². The Kier molecular flexibility index (Phi) is 5.69. The fourth-order valence-corrected chi connectivity index (χ4v) is 6.09. The summed E-state index contributed by atoms with van der Waals surface area (Å²) in [4.78, 5) is 21.8. The molecule has 0 amide bonds. The van der Waals surface area contributed by atoms with Crippen LogP contribution in [0.3, 0.4) is 0 Å². The second-order valence-corrected chi connectivity index (χ2v) is 9.93. The van der Waals surface area contributed by atoms with E-state index in [4.69, 9.17) is 9.97 Å². The predicted octanol–water partition coefficient (Wildman–Crippen LogP) is 4.11. The molecule has 2 bridgehead atoms. The molecule has 170 valence electrons. The van der Waals surface area contributed by atoms with Gasteiger partial charge in [-0.1, -0.05) is 17.8 Å². The van der Waals surface area contributed by atoms with Crippen molar-refractivity contribution in [2.75, 3.05) is 11.9 Å². The van der Waals surface area contributed by atoms with Crippen LogP contribution in [0.25, 0.3) is 27.4 Å². The van der Waals surface area contributed by atoms with Gasteiger partial charge >= 0.3 is 0 Å². The first-order valence-electron chi connectivity index (χ1n) is 11.1. The molecule has 2 saturated heterocycles. The summed E-state index contributed by atoms with van der Waals surface area (Å²) in [5.74, 6) is 0.594. The number of halogens is 1. The molecule has 33 heavy (non-hydrogen) atoms. The van der Waals surface area contributed by atoms with Crippen molar-refractivity contribution >= 4 is 44.9 Å². The zero-order valence-corrected chi connectivity index (χ0v) is 20.2. The fourth-order valence-electron chi connectivity index (χ4n) is 5.15. The molecule has 2 aliphatic heterocycles. The average Bonchev–Trinajstić information content (AvgIpc) is 3.39. The third-order valence-electron chi connectivity index (χ3n) is 6.73. The van der Waals surface area contributed by atoms with Crippen molar-refractivity contribution in [1.82, 2.24) is 29.7 Å². The number of fused-ring (bicyclic) bond motifs is 4. The highest BCUT2D eigenvalue weighted by atomic mass is 35.5. The molecule has 6 heterocycles. The summed E-state index contributed by atoms with van der Waals surface area (Å²) in [7, 11) is 2.16. The van der Waals surface area contributed by atoms with Crippen LogP contribution in [0, 0.1) is 18.3 Å². The minimum Gasteiger partial charge on any atom is -0.348 e. The number of nitrogens with one attached hydrogen (secondary N) is 1. The van der Waals surface area contributed by atoms with Gasteiger partial charge in [0.2, 0.25) is 0 Å². The van der Waals surface area contributed by atoms with Gasteiger partial charge in [0.25, 0.3) is 0 Å². The molecule has 0 radical (unpaired) electrons. The highest BCUT2D eigenvalue weighted by Gasteiger charge is 2.33. The van der Waals surface area contributed by atoms with Crippen molar-refractivity contribution < 1.29 is 0 Å². The third-order valence-corrected chi connectivity index (χ3v) is 7.78. The molecule has 0 spiro atoms. The van der Waals surface area contributed by atoms with Crippen molar-refractivity contribution in [3.63, 3.8) is 0 Å². The van der Waals surface area contributed by atoms with E-state index < -0.39 is 0 Å². The number of thiazole rings is 1. The second kappa shape index (κ2) is 8.52. The van der Waals surface area contributed by atoms with Crippen molar-refractivity contribution in [2.24, 2.45) is 0 Å². The molecule has 0 aromatic carbocycles.